The van der Waals surface area contributed by atoms with Crippen molar-refractivity contribution in [3.8, 4) is 5.75 Å². The van der Waals surface area contributed by atoms with Crippen LogP contribution in [-0.4, -0.2) is 18.8 Å². The number of aliphatic hydroxyl groups is 1. The Kier molecular flexibility index (Phi) is 5.88. The molecule has 0 aliphatic heterocycles. The summed E-state index contributed by atoms with van der Waals surface area (Å²) in [6, 6.07) is 3.99. The van der Waals surface area contributed by atoms with Gasteiger partial charge in [0.25, 0.3) is 0 Å². The molecule has 17 heavy (non-hydrogen) atoms. The Labute approximate surface area is 107 Å². The van der Waals surface area contributed by atoms with Gasteiger partial charge >= 0.3 is 0 Å². The zero-order valence-corrected chi connectivity index (χ0v) is 11.1. The third kappa shape index (κ3) is 3.56. The molecule has 1 aromatic carbocycles. The second-order valence-corrected chi connectivity index (χ2v) is 4.51. The summed E-state index contributed by atoms with van der Waals surface area (Å²) in [6.45, 7) is 3.49. The van der Waals surface area contributed by atoms with Crippen LogP contribution in [-0.2, 0) is 0 Å². The first-order chi connectivity index (χ1) is 7.42. The van der Waals surface area contributed by atoms with Crippen molar-refractivity contribution in [3.63, 3.8) is 0 Å². The molecule has 0 bridgehead atoms. The maximum absolute atomic E-state index is 13.7. The number of aliphatic hydroxyl groups excluding tert-OH is 1. The molecule has 1 atom stereocenters. The number of nitrogens with two attached hydrogens (primary N) is 1. The quantitative estimate of drug-likeness (QED) is 0.876. The van der Waals surface area contributed by atoms with E-state index in [2.05, 4.69) is 0 Å². The van der Waals surface area contributed by atoms with Crippen molar-refractivity contribution in [2.75, 3.05) is 13.7 Å². The summed E-state index contributed by atoms with van der Waals surface area (Å²) in [5.41, 5.74) is 5.76. The Hall–Kier alpha value is -0.840. The van der Waals surface area contributed by atoms with Gasteiger partial charge in [-0.05, 0) is 6.07 Å². The minimum atomic E-state index is -0.560. The van der Waals surface area contributed by atoms with E-state index in [1.54, 1.807) is 26.0 Å². The Balaban J connectivity index is 0.00000256. The van der Waals surface area contributed by atoms with E-state index < -0.39 is 17.3 Å². The smallest absolute Gasteiger partial charge is 0.131 e. The third-order valence-electron chi connectivity index (χ3n) is 2.79. The molecule has 98 valence electrons. The molecule has 0 saturated heterocycles. The molecule has 3 nitrogen and oxygen atoms in total. The Morgan fingerprint density at radius 2 is 2.06 bits per heavy atom. The van der Waals surface area contributed by atoms with E-state index in [0.29, 0.717) is 11.3 Å². The lowest BCUT2D eigenvalue weighted by Gasteiger charge is -2.30. The highest BCUT2D eigenvalue weighted by Gasteiger charge is 2.29. The molecule has 0 aliphatic carbocycles. The highest BCUT2D eigenvalue weighted by molar-refractivity contribution is 5.85. The Morgan fingerprint density at radius 3 is 2.47 bits per heavy atom. The number of methoxy groups -OCH3 is 1. The van der Waals surface area contributed by atoms with Crippen LogP contribution < -0.4 is 10.5 Å². The number of rotatable bonds is 4. The van der Waals surface area contributed by atoms with E-state index in [9.17, 15) is 9.50 Å². The first-order valence-electron chi connectivity index (χ1n) is 5.12. The lowest BCUT2D eigenvalue weighted by molar-refractivity contribution is 0.131. The first kappa shape index (κ1) is 16.2. The summed E-state index contributed by atoms with van der Waals surface area (Å²) in [5.74, 6) is 0.0450. The molecule has 0 heterocycles. The molecule has 0 saturated carbocycles. The predicted molar refractivity (Wildman–Crippen MR) is 68.0 cm³/mol. The van der Waals surface area contributed by atoms with Crippen molar-refractivity contribution in [3.05, 3.63) is 29.6 Å². The molecular weight excluding hydrogens is 245 g/mol. The normalized spacial score (nSPS) is 12.8. The number of hydrogen-bond acceptors (Lipinski definition) is 3. The van der Waals surface area contributed by atoms with Gasteiger partial charge in [-0.1, -0.05) is 19.9 Å². The average molecular weight is 264 g/mol. The van der Waals surface area contributed by atoms with Crippen LogP contribution in [0.4, 0.5) is 4.39 Å². The van der Waals surface area contributed by atoms with Crippen molar-refractivity contribution < 1.29 is 14.2 Å². The molecule has 1 aromatic rings. The van der Waals surface area contributed by atoms with Crippen molar-refractivity contribution >= 4 is 12.4 Å². The molecular formula is C12H19ClFNO2. The van der Waals surface area contributed by atoms with Gasteiger partial charge in [-0.3, -0.25) is 0 Å². The van der Waals surface area contributed by atoms with E-state index in [1.807, 2.05) is 0 Å². The fraction of sp³-hybridized carbons (Fsp3) is 0.500. The van der Waals surface area contributed by atoms with Crippen LogP contribution in [0.3, 0.4) is 0 Å². The predicted octanol–water partition coefficient (Wildman–Crippen LogP) is 2.27. The van der Waals surface area contributed by atoms with Crippen LogP contribution in [0, 0.1) is 11.2 Å². The van der Waals surface area contributed by atoms with E-state index in [-0.39, 0.29) is 19.0 Å². The van der Waals surface area contributed by atoms with Crippen molar-refractivity contribution in [1.29, 1.82) is 0 Å². The summed E-state index contributed by atoms with van der Waals surface area (Å²) in [6.07, 6.45) is 0. The highest BCUT2D eigenvalue weighted by atomic mass is 35.5. The van der Waals surface area contributed by atoms with E-state index in [1.165, 1.54) is 13.2 Å². The second-order valence-electron chi connectivity index (χ2n) is 4.51. The fourth-order valence-corrected chi connectivity index (χ4v) is 1.41. The molecule has 1 rings (SSSR count). The first-order valence-corrected chi connectivity index (χ1v) is 5.12. The molecule has 0 amide bonds. The van der Waals surface area contributed by atoms with E-state index in [0.717, 1.165) is 0 Å². The van der Waals surface area contributed by atoms with Crippen molar-refractivity contribution in [2.24, 2.45) is 11.1 Å². The van der Waals surface area contributed by atoms with E-state index >= 15 is 0 Å². The number of ether oxygens (including phenoxy) is 1. The fourth-order valence-electron chi connectivity index (χ4n) is 1.41. The van der Waals surface area contributed by atoms with Crippen LogP contribution in [0.1, 0.15) is 25.5 Å². The molecule has 0 aromatic heterocycles. The van der Waals surface area contributed by atoms with Crippen LogP contribution >= 0.6 is 12.4 Å². The minimum absolute atomic E-state index is 0. The van der Waals surface area contributed by atoms with Gasteiger partial charge in [0.05, 0.1) is 7.11 Å². The molecule has 0 aliphatic rings. The van der Waals surface area contributed by atoms with Crippen molar-refractivity contribution in [1.82, 2.24) is 0 Å². The summed E-state index contributed by atoms with van der Waals surface area (Å²) in [4.78, 5) is 0. The SMILES string of the molecule is COc1ccc([C@@H](N)C(C)(C)CO)c(F)c1.Cl. The molecule has 0 unspecified atom stereocenters. The monoisotopic (exact) mass is 263 g/mol. The van der Waals surface area contributed by atoms with Gasteiger partial charge in [0.2, 0.25) is 0 Å². The highest BCUT2D eigenvalue weighted by Crippen LogP contribution is 2.33. The Morgan fingerprint density at radius 1 is 1.47 bits per heavy atom. The summed E-state index contributed by atoms with van der Waals surface area (Å²) in [7, 11) is 1.48. The van der Waals surface area contributed by atoms with Crippen LogP contribution in [0.15, 0.2) is 18.2 Å². The van der Waals surface area contributed by atoms with Gasteiger partial charge in [-0.25, -0.2) is 4.39 Å². The van der Waals surface area contributed by atoms with E-state index in [4.69, 9.17) is 10.5 Å². The molecule has 3 N–H and O–H groups in total. The average Bonchev–Trinajstić information content (AvgIpc) is 2.28. The van der Waals surface area contributed by atoms with Gasteiger partial charge in [0.1, 0.15) is 11.6 Å². The third-order valence-corrected chi connectivity index (χ3v) is 2.79. The van der Waals surface area contributed by atoms with Gasteiger partial charge in [-0.2, -0.15) is 0 Å². The zero-order valence-electron chi connectivity index (χ0n) is 10.2. The maximum Gasteiger partial charge on any atom is 0.131 e. The number of benzene rings is 1. The minimum Gasteiger partial charge on any atom is -0.497 e. The summed E-state index contributed by atoms with van der Waals surface area (Å²) < 4.78 is 18.6. The van der Waals surface area contributed by atoms with Crippen LogP contribution in [0.2, 0.25) is 0 Å². The van der Waals surface area contributed by atoms with Gasteiger partial charge in [-0.15, -0.1) is 12.4 Å². The maximum atomic E-state index is 13.7. The molecule has 0 spiro atoms. The number of hydrogen-bond donors (Lipinski definition) is 2. The summed E-state index contributed by atoms with van der Waals surface area (Å²) >= 11 is 0. The lowest BCUT2D eigenvalue weighted by Crippen LogP contribution is -2.33. The van der Waals surface area contributed by atoms with Crippen LogP contribution in [0.25, 0.3) is 0 Å². The molecule has 0 radical (unpaired) electrons. The summed E-state index contributed by atoms with van der Waals surface area (Å²) in [5, 5.41) is 9.19. The largest absolute Gasteiger partial charge is 0.497 e. The van der Waals surface area contributed by atoms with Crippen LogP contribution in [0.5, 0.6) is 5.75 Å². The number of halogens is 2. The topological polar surface area (TPSA) is 55.5 Å². The molecule has 0 fully saturated rings. The second kappa shape index (κ2) is 6.19. The van der Waals surface area contributed by atoms with Gasteiger partial charge in [0, 0.05) is 29.7 Å². The lowest BCUT2D eigenvalue weighted by atomic mass is 9.81. The zero-order chi connectivity index (χ0) is 12.3. The Bertz CT molecular complexity index is 372. The standard InChI is InChI=1S/C12H18FNO2.ClH/c1-12(2,7-15)11(14)9-5-4-8(16-3)6-10(9)13;/h4-6,11,15H,7,14H2,1-3H3;1H/t11-;/m1./s1. The van der Waals surface area contributed by atoms with Gasteiger partial charge < -0.3 is 15.6 Å². The van der Waals surface area contributed by atoms with Crippen molar-refractivity contribution in [2.45, 2.75) is 19.9 Å². The van der Waals surface area contributed by atoms with Gasteiger partial charge in [0.15, 0.2) is 0 Å². The molecule has 5 heteroatoms.